The van der Waals surface area contributed by atoms with Crippen LogP contribution in [0, 0.1) is 5.92 Å². The Labute approximate surface area is 131 Å². The topological polar surface area (TPSA) is 86.7 Å². The Hall–Kier alpha value is -1.89. The van der Waals surface area contributed by atoms with Crippen molar-refractivity contribution in [3.8, 4) is 0 Å². The third kappa shape index (κ3) is 5.18. The molecule has 1 aromatic rings. The van der Waals surface area contributed by atoms with E-state index >= 15 is 0 Å². The number of hydrogen-bond acceptors (Lipinski definition) is 3. The van der Waals surface area contributed by atoms with Crippen molar-refractivity contribution in [2.45, 2.75) is 6.92 Å². The number of nitrogens with zero attached hydrogens (tertiary/aromatic N) is 1. The van der Waals surface area contributed by atoms with Crippen molar-refractivity contribution in [1.29, 1.82) is 0 Å². The molecule has 1 aromatic carbocycles. The molecule has 1 rings (SSSR count). The fourth-order valence-electron chi connectivity index (χ4n) is 1.62. The van der Waals surface area contributed by atoms with Gasteiger partial charge in [0.25, 0.3) is 5.91 Å². The van der Waals surface area contributed by atoms with Gasteiger partial charge in [0.15, 0.2) is 0 Å². The van der Waals surface area contributed by atoms with Gasteiger partial charge >= 0.3 is 5.97 Å². The van der Waals surface area contributed by atoms with Crippen molar-refractivity contribution in [3.63, 3.8) is 0 Å². The highest BCUT2D eigenvalue weighted by Gasteiger charge is 2.18. The minimum Gasteiger partial charge on any atom is -0.481 e. The van der Waals surface area contributed by atoms with Crippen LogP contribution in [0.2, 0.25) is 0 Å². The lowest BCUT2D eigenvalue weighted by atomic mass is 10.2. The summed E-state index contributed by atoms with van der Waals surface area (Å²) >= 11 is 3.26. The number of aliphatic carboxylic acids is 1. The number of rotatable bonds is 6. The highest BCUT2D eigenvalue weighted by molar-refractivity contribution is 9.10. The van der Waals surface area contributed by atoms with Crippen molar-refractivity contribution >= 4 is 33.7 Å². The van der Waals surface area contributed by atoms with Gasteiger partial charge in [0.2, 0.25) is 5.91 Å². The van der Waals surface area contributed by atoms with Crippen molar-refractivity contribution < 1.29 is 19.5 Å². The van der Waals surface area contributed by atoms with Gasteiger partial charge in [-0.05, 0) is 28.1 Å². The predicted octanol–water partition coefficient (Wildman–Crippen LogP) is 1.36. The Bertz CT molecular complexity index is 548. The standard InChI is InChI=1S/C14H17BrN2O4/c1-9(14(20)21)8-17(2)12(18)7-16-13(19)10-5-3-4-6-11(10)15/h3-6,9H,7-8H2,1-2H3,(H,16,19)(H,20,21). The number of halogens is 1. The molecule has 1 atom stereocenters. The molecular weight excluding hydrogens is 340 g/mol. The molecule has 0 aliphatic carbocycles. The molecule has 0 aliphatic heterocycles. The largest absolute Gasteiger partial charge is 0.481 e. The third-order valence-corrected chi connectivity index (χ3v) is 3.61. The Kier molecular flexibility index (Phi) is 6.36. The van der Waals surface area contributed by atoms with Crippen LogP contribution in [0.1, 0.15) is 17.3 Å². The molecule has 0 aromatic heterocycles. The van der Waals surface area contributed by atoms with Gasteiger partial charge in [-0.15, -0.1) is 0 Å². The first-order valence-corrected chi connectivity index (χ1v) is 7.11. The van der Waals surface area contributed by atoms with Crippen LogP contribution in [-0.2, 0) is 9.59 Å². The van der Waals surface area contributed by atoms with Gasteiger partial charge < -0.3 is 15.3 Å². The lowest BCUT2D eigenvalue weighted by Crippen LogP contribution is -2.40. The molecule has 0 aliphatic rings. The normalized spacial score (nSPS) is 11.6. The van der Waals surface area contributed by atoms with Gasteiger partial charge in [-0.2, -0.15) is 0 Å². The second-order valence-corrected chi connectivity index (χ2v) is 5.53. The zero-order valence-corrected chi connectivity index (χ0v) is 13.4. The number of nitrogens with one attached hydrogen (secondary N) is 1. The maximum Gasteiger partial charge on any atom is 0.308 e. The molecule has 114 valence electrons. The molecule has 2 N–H and O–H groups in total. The minimum absolute atomic E-state index is 0.0963. The van der Waals surface area contributed by atoms with Gasteiger partial charge in [0.1, 0.15) is 0 Å². The molecule has 0 radical (unpaired) electrons. The summed E-state index contributed by atoms with van der Waals surface area (Å²) in [5.74, 6) is -2.33. The van der Waals surface area contributed by atoms with E-state index in [-0.39, 0.29) is 24.9 Å². The molecule has 2 amide bonds. The molecule has 0 spiro atoms. The van der Waals surface area contributed by atoms with Crippen LogP contribution in [0.4, 0.5) is 0 Å². The number of carboxylic acids is 1. The number of carboxylic acid groups (broad SMARTS) is 1. The first-order valence-electron chi connectivity index (χ1n) is 6.32. The molecular formula is C14H17BrN2O4. The van der Waals surface area contributed by atoms with Gasteiger partial charge in [-0.1, -0.05) is 19.1 Å². The molecule has 0 saturated heterocycles. The first kappa shape index (κ1) is 17.2. The van der Waals surface area contributed by atoms with Crippen LogP contribution >= 0.6 is 15.9 Å². The zero-order valence-electron chi connectivity index (χ0n) is 11.8. The lowest BCUT2D eigenvalue weighted by molar-refractivity contribution is -0.142. The zero-order chi connectivity index (χ0) is 16.0. The maximum absolute atomic E-state index is 11.9. The van der Waals surface area contributed by atoms with E-state index in [0.717, 1.165) is 0 Å². The van der Waals surface area contributed by atoms with Gasteiger partial charge in [-0.3, -0.25) is 14.4 Å². The van der Waals surface area contributed by atoms with Crippen LogP contribution in [0.5, 0.6) is 0 Å². The van der Waals surface area contributed by atoms with Crippen LogP contribution in [0.3, 0.4) is 0 Å². The summed E-state index contributed by atoms with van der Waals surface area (Å²) in [6, 6.07) is 6.88. The van der Waals surface area contributed by atoms with E-state index in [9.17, 15) is 14.4 Å². The molecule has 21 heavy (non-hydrogen) atoms. The molecule has 0 heterocycles. The number of hydrogen-bond donors (Lipinski definition) is 2. The maximum atomic E-state index is 11.9. The summed E-state index contributed by atoms with van der Waals surface area (Å²) in [5.41, 5.74) is 0.437. The molecule has 1 unspecified atom stereocenters. The van der Waals surface area contributed by atoms with Crippen molar-refractivity contribution in [2.75, 3.05) is 20.1 Å². The van der Waals surface area contributed by atoms with E-state index in [4.69, 9.17) is 5.11 Å². The summed E-state index contributed by atoms with van der Waals surface area (Å²) in [5, 5.41) is 11.3. The van der Waals surface area contributed by atoms with Crippen LogP contribution in [-0.4, -0.2) is 47.9 Å². The van der Waals surface area contributed by atoms with E-state index in [0.29, 0.717) is 10.0 Å². The summed E-state index contributed by atoms with van der Waals surface area (Å²) < 4.78 is 0.641. The minimum atomic E-state index is -0.966. The Balaban J connectivity index is 2.51. The molecule has 0 fully saturated rings. The average molecular weight is 357 g/mol. The SMILES string of the molecule is CC(CN(C)C(=O)CNC(=O)c1ccccc1Br)C(=O)O. The van der Waals surface area contributed by atoms with Gasteiger partial charge in [-0.25, -0.2) is 0 Å². The van der Waals surface area contributed by atoms with Crippen LogP contribution < -0.4 is 5.32 Å². The molecule has 7 heteroatoms. The summed E-state index contributed by atoms with van der Waals surface area (Å²) in [4.78, 5) is 35.8. The monoisotopic (exact) mass is 356 g/mol. The molecule has 0 bridgehead atoms. The van der Waals surface area contributed by atoms with E-state index in [1.165, 1.54) is 18.9 Å². The van der Waals surface area contributed by atoms with Crippen molar-refractivity contribution in [3.05, 3.63) is 34.3 Å². The van der Waals surface area contributed by atoms with E-state index < -0.39 is 11.9 Å². The average Bonchev–Trinajstić information content (AvgIpc) is 2.44. The van der Waals surface area contributed by atoms with Gasteiger partial charge in [0, 0.05) is 18.1 Å². The number of carbonyl (C=O) groups is 3. The second-order valence-electron chi connectivity index (χ2n) is 4.68. The van der Waals surface area contributed by atoms with Crippen LogP contribution in [0.15, 0.2) is 28.7 Å². The number of likely N-dealkylation sites (N-methyl/N-ethyl adjacent to an activating group) is 1. The lowest BCUT2D eigenvalue weighted by Gasteiger charge is -2.19. The number of amides is 2. The predicted molar refractivity (Wildman–Crippen MR) is 80.9 cm³/mol. The smallest absolute Gasteiger partial charge is 0.308 e. The number of carbonyl (C=O) groups excluding carboxylic acids is 2. The quantitative estimate of drug-likeness (QED) is 0.805. The Morgan fingerprint density at radius 1 is 1.33 bits per heavy atom. The fourth-order valence-corrected chi connectivity index (χ4v) is 2.09. The van der Waals surface area contributed by atoms with E-state index in [1.807, 2.05) is 0 Å². The summed E-state index contributed by atoms with van der Waals surface area (Å²) in [6.45, 7) is 1.44. The molecule has 0 saturated carbocycles. The van der Waals surface area contributed by atoms with Crippen LogP contribution in [0.25, 0.3) is 0 Å². The molecule has 6 nitrogen and oxygen atoms in total. The highest BCUT2D eigenvalue weighted by atomic mass is 79.9. The first-order chi connectivity index (χ1) is 9.82. The van der Waals surface area contributed by atoms with Gasteiger partial charge in [0.05, 0.1) is 18.0 Å². The highest BCUT2D eigenvalue weighted by Crippen LogP contribution is 2.15. The van der Waals surface area contributed by atoms with E-state index in [1.54, 1.807) is 24.3 Å². The van der Waals surface area contributed by atoms with E-state index in [2.05, 4.69) is 21.2 Å². The van der Waals surface area contributed by atoms with Crippen molar-refractivity contribution in [2.24, 2.45) is 5.92 Å². The number of benzene rings is 1. The Morgan fingerprint density at radius 2 is 1.95 bits per heavy atom. The third-order valence-electron chi connectivity index (χ3n) is 2.91. The Morgan fingerprint density at radius 3 is 2.52 bits per heavy atom. The summed E-state index contributed by atoms with van der Waals surface area (Å²) in [7, 11) is 1.51. The van der Waals surface area contributed by atoms with Crippen molar-refractivity contribution in [1.82, 2.24) is 10.2 Å². The summed E-state index contributed by atoms with van der Waals surface area (Å²) in [6.07, 6.45) is 0. The fraction of sp³-hybridized carbons (Fsp3) is 0.357. The second kappa shape index (κ2) is 7.78.